The van der Waals surface area contributed by atoms with Crippen molar-refractivity contribution in [1.29, 1.82) is 0 Å². The Labute approximate surface area is 111 Å². The number of piperidine rings is 1. The number of benzene rings is 1. The van der Waals surface area contributed by atoms with Crippen LogP contribution in [0.5, 0.6) is 0 Å². The topological polar surface area (TPSA) is 72.7 Å². The molecule has 19 heavy (non-hydrogen) atoms. The molecule has 1 aliphatic rings. The molecule has 0 bridgehead atoms. The molecule has 102 valence electrons. The number of hydrogen-bond donors (Lipinski definition) is 0. The number of rotatable bonds is 3. The number of carbonyl (C=O) groups excluding carboxylic acids is 1. The molecule has 6 heteroatoms. The molecule has 0 spiro atoms. The van der Waals surface area contributed by atoms with E-state index in [-0.39, 0.29) is 5.69 Å². The van der Waals surface area contributed by atoms with E-state index < -0.39 is 10.9 Å². The molecule has 1 fully saturated rings. The largest absolute Gasteiger partial charge is 0.465 e. The predicted octanol–water partition coefficient (Wildman–Crippen LogP) is 2.37. The van der Waals surface area contributed by atoms with Gasteiger partial charge in [0, 0.05) is 19.2 Å². The molecule has 1 heterocycles. The molecule has 2 rings (SSSR count). The highest BCUT2D eigenvalue weighted by molar-refractivity contribution is 5.91. The first-order chi connectivity index (χ1) is 9.13. The van der Waals surface area contributed by atoms with Gasteiger partial charge in [-0.2, -0.15) is 0 Å². The fourth-order valence-electron chi connectivity index (χ4n) is 2.31. The number of hydrogen-bond acceptors (Lipinski definition) is 5. The van der Waals surface area contributed by atoms with Gasteiger partial charge in [0.15, 0.2) is 0 Å². The number of carbonyl (C=O) groups is 1. The van der Waals surface area contributed by atoms with Gasteiger partial charge in [0.2, 0.25) is 0 Å². The summed E-state index contributed by atoms with van der Waals surface area (Å²) in [5.74, 6) is -0.479. The second-order valence-electron chi connectivity index (χ2n) is 4.50. The van der Waals surface area contributed by atoms with Crippen molar-refractivity contribution in [3.8, 4) is 0 Å². The van der Waals surface area contributed by atoms with Gasteiger partial charge in [-0.15, -0.1) is 0 Å². The van der Waals surface area contributed by atoms with E-state index in [9.17, 15) is 14.9 Å². The zero-order chi connectivity index (χ0) is 13.8. The molecule has 0 atom stereocenters. The Morgan fingerprint density at radius 1 is 1.32 bits per heavy atom. The molecule has 0 unspecified atom stereocenters. The summed E-state index contributed by atoms with van der Waals surface area (Å²) in [7, 11) is 1.30. The maximum Gasteiger partial charge on any atom is 0.337 e. The van der Waals surface area contributed by atoms with Crippen LogP contribution in [0.4, 0.5) is 11.4 Å². The van der Waals surface area contributed by atoms with Crippen LogP contribution in [-0.4, -0.2) is 31.1 Å². The van der Waals surface area contributed by atoms with Gasteiger partial charge in [0.05, 0.1) is 17.6 Å². The predicted molar refractivity (Wildman–Crippen MR) is 70.5 cm³/mol. The number of nitro benzene ring substituents is 1. The number of ether oxygens (including phenoxy) is 1. The molecule has 0 radical (unpaired) electrons. The van der Waals surface area contributed by atoms with E-state index >= 15 is 0 Å². The van der Waals surface area contributed by atoms with Crippen LogP contribution in [0, 0.1) is 10.1 Å². The van der Waals surface area contributed by atoms with Gasteiger partial charge in [0.1, 0.15) is 5.69 Å². The standard InChI is InChI=1S/C13H16N2O4/c1-19-13(16)10-5-6-11(15(17)18)12(9-10)14-7-3-2-4-8-14/h5-6,9H,2-4,7-8H2,1H3. The number of anilines is 1. The maximum absolute atomic E-state index is 11.5. The quantitative estimate of drug-likeness (QED) is 0.476. The maximum atomic E-state index is 11.5. The van der Waals surface area contributed by atoms with Crippen molar-refractivity contribution in [1.82, 2.24) is 0 Å². The van der Waals surface area contributed by atoms with E-state index in [1.54, 1.807) is 6.07 Å². The number of methoxy groups -OCH3 is 1. The minimum absolute atomic E-state index is 0.0366. The molecule has 1 aromatic rings. The summed E-state index contributed by atoms with van der Waals surface area (Å²) in [5, 5.41) is 11.1. The fourth-order valence-corrected chi connectivity index (χ4v) is 2.31. The Morgan fingerprint density at radius 3 is 2.58 bits per heavy atom. The van der Waals surface area contributed by atoms with Crippen molar-refractivity contribution in [3.05, 3.63) is 33.9 Å². The smallest absolute Gasteiger partial charge is 0.337 e. The van der Waals surface area contributed by atoms with Gasteiger partial charge >= 0.3 is 5.97 Å². The summed E-state index contributed by atoms with van der Waals surface area (Å²) < 4.78 is 4.65. The Kier molecular flexibility index (Phi) is 3.99. The fraction of sp³-hybridized carbons (Fsp3) is 0.462. The molecule has 0 aromatic heterocycles. The molecular weight excluding hydrogens is 248 g/mol. The van der Waals surface area contributed by atoms with Crippen molar-refractivity contribution >= 4 is 17.3 Å². The van der Waals surface area contributed by atoms with E-state index in [0.29, 0.717) is 11.3 Å². The normalized spacial score (nSPS) is 15.1. The molecule has 1 aliphatic heterocycles. The van der Waals surface area contributed by atoms with Gasteiger partial charge in [-0.05, 0) is 31.4 Å². The Morgan fingerprint density at radius 2 is 2.00 bits per heavy atom. The van der Waals surface area contributed by atoms with E-state index in [0.717, 1.165) is 32.4 Å². The number of esters is 1. The van der Waals surface area contributed by atoms with Gasteiger partial charge < -0.3 is 9.64 Å². The summed E-state index contributed by atoms with van der Waals surface area (Å²) in [6.45, 7) is 1.57. The average Bonchev–Trinajstić information content (AvgIpc) is 2.46. The van der Waals surface area contributed by atoms with E-state index in [2.05, 4.69) is 4.74 Å². The van der Waals surface area contributed by atoms with Crippen molar-refractivity contribution in [2.45, 2.75) is 19.3 Å². The zero-order valence-electron chi connectivity index (χ0n) is 10.8. The van der Waals surface area contributed by atoms with Gasteiger partial charge in [-0.25, -0.2) is 4.79 Å². The molecule has 0 N–H and O–H groups in total. The number of nitrogens with zero attached hydrogens (tertiary/aromatic N) is 2. The Balaban J connectivity index is 2.40. The van der Waals surface area contributed by atoms with Crippen molar-refractivity contribution < 1.29 is 14.5 Å². The summed E-state index contributed by atoms with van der Waals surface area (Å²) >= 11 is 0. The van der Waals surface area contributed by atoms with Crippen LogP contribution in [0.2, 0.25) is 0 Å². The van der Waals surface area contributed by atoms with Crippen LogP contribution in [0.25, 0.3) is 0 Å². The molecule has 1 aromatic carbocycles. The third-order valence-electron chi connectivity index (χ3n) is 3.29. The first-order valence-electron chi connectivity index (χ1n) is 6.25. The third-order valence-corrected chi connectivity index (χ3v) is 3.29. The van der Waals surface area contributed by atoms with E-state index in [4.69, 9.17) is 0 Å². The first kappa shape index (κ1) is 13.3. The summed E-state index contributed by atoms with van der Waals surface area (Å²) in [6, 6.07) is 4.35. The average molecular weight is 264 g/mol. The third kappa shape index (κ3) is 2.83. The van der Waals surface area contributed by atoms with Gasteiger partial charge in [-0.3, -0.25) is 10.1 Å². The molecule has 6 nitrogen and oxygen atoms in total. The SMILES string of the molecule is COC(=O)c1ccc([N+](=O)[O-])c(N2CCCCC2)c1. The lowest BCUT2D eigenvalue weighted by molar-refractivity contribution is -0.384. The molecular formula is C13H16N2O4. The van der Waals surface area contributed by atoms with Crippen LogP contribution in [-0.2, 0) is 4.74 Å². The minimum Gasteiger partial charge on any atom is -0.465 e. The Bertz CT molecular complexity index is 495. The minimum atomic E-state index is -0.479. The summed E-state index contributed by atoms with van der Waals surface area (Å²) in [4.78, 5) is 24.2. The molecule has 0 amide bonds. The lowest BCUT2D eigenvalue weighted by Crippen LogP contribution is -2.30. The van der Waals surface area contributed by atoms with E-state index in [1.807, 2.05) is 4.90 Å². The highest BCUT2D eigenvalue weighted by Gasteiger charge is 2.23. The van der Waals surface area contributed by atoms with Crippen LogP contribution < -0.4 is 4.90 Å². The van der Waals surface area contributed by atoms with Gasteiger partial charge in [-0.1, -0.05) is 0 Å². The van der Waals surface area contributed by atoms with Crippen molar-refractivity contribution in [2.24, 2.45) is 0 Å². The van der Waals surface area contributed by atoms with E-state index in [1.165, 1.54) is 19.2 Å². The lowest BCUT2D eigenvalue weighted by atomic mass is 10.1. The van der Waals surface area contributed by atoms with Crippen molar-refractivity contribution in [2.75, 3.05) is 25.1 Å². The monoisotopic (exact) mass is 264 g/mol. The lowest BCUT2D eigenvalue weighted by Gasteiger charge is -2.28. The van der Waals surface area contributed by atoms with Crippen LogP contribution in [0.3, 0.4) is 0 Å². The highest BCUT2D eigenvalue weighted by atomic mass is 16.6. The molecule has 1 saturated heterocycles. The first-order valence-corrected chi connectivity index (χ1v) is 6.25. The van der Waals surface area contributed by atoms with Crippen molar-refractivity contribution in [3.63, 3.8) is 0 Å². The second-order valence-corrected chi connectivity index (χ2v) is 4.50. The Hall–Kier alpha value is -2.11. The second kappa shape index (κ2) is 5.69. The van der Waals surface area contributed by atoms with Crippen LogP contribution >= 0.6 is 0 Å². The summed E-state index contributed by atoms with van der Waals surface area (Å²) in [5.41, 5.74) is 0.885. The van der Waals surface area contributed by atoms with Gasteiger partial charge in [0.25, 0.3) is 5.69 Å². The molecule has 0 aliphatic carbocycles. The van der Waals surface area contributed by atoms with Crippen LogP contribution in [0.15, 0.2) is 18.2 Å². The number of nitro groups is 1. The highest BCUT2D eigenvalue weighted by Crippen LogP contribution is 2.31. The zero-order valence-corrected chi connectivity index (χ0v) is 10.8. The van der Waals surface area contributed by atoms with Crippen LogP contribution in [0.1, 0.15) is 29.6 Å². The summed E-state index contributed by atoms with van der Waals surface area (Å²) in [6.07, 6.45) is 3.17. The molecule has 0 saturated carbocycles.